The molecule has 0 aromatic carbocycles. The molecule has 9 heteroatoms. The predicted octanol–water partition coefficient (Wildman–Crippen LogP) is 4.53. The first-order chi connectivity index (χ1) is 16.8. The number of fused-ring (bicyclic) bond motifs is 1. The fourth-order valence-electron chi connectivity index (χ4n) is 4.84. The highest BCUT2D eigenvalue weighted by atomic mass is 19.3. The quantitative estimate of drug-likeness (QED) is 0.532. The van der Waals surface area contributed by atoms with Crippen LogP contribution in [-0.4, -0.2) is 61.7 Å². The summed E-state index contributed by atoms with van der Waals surface area (Å²) >= 11 is 0. The number of ketones is 1. The van der Waals surface area contributed by atoms with Crippen molar-refractivity contribution in [1.29, 1.82) is 0 Å². The van der Waals surface area contributed by atoms with E-state index in [2.05, 4.69) is 34.0 Å². The maximum absolute atomic E-state index is 13.1. The van der Waals surface area contributed by atoms with Crippen LogP contribution < -0.4 is 5.32 Å². The molecule has 35 heavy (non-hydrogen) atoms. The molecular weight excluding hydrogens is 450 g/mol. The van der Waals surface area contributed by atoms with Gasteiger partial charge in [0.2, 0.25) is 5.92 Å². The van der Waals surface area contributed by atoms with Gasteiger partial charge in [0.15, 0.2) is 0 Å². The summed E-state index contributed by atoms with van der Waals surface area (Å²) in [6, 6.07) is 6.47. The number of Topliss-reactive ketones (excluding diaryl/α,β-unsaturated/α-hetero) is 1. The van der Waals surface area contributed by atoms with Crippen molar-refractivity contribution in [3.63, 3.8) is 0 Å². The van der Waals surface area contributed by atoms with Gasteiger partial charge in [0.05, 0.1) is 23.6 Å². The van der Waals surface area contributed by atoms with Crippen LogP contribution in [0.25, 0.3) is 22.3 Å². The van der Waals surface area contributed by atoms with Crippen molar-refractivity contribution in [2.24, 2.45) is 5.92 Å². The number of anilines is 1. The number of halogens is 2. The molecule has 3 aromatic heterocycles. The lowest BCUT2D eigenvalue weighted by Gasteiger charge is -2.35. The summed E-state index contributed by atoms with van der Waals surface area (Å²) in [4.78, 5) is 33.0. The van der Waals surface area contributed by atoms with Crippen molar-refractivity contribution in [3.8, 4) is 11.4 Å². The van der Waals surface area contributed by atoms with E-state index in [4.69, 9.17) is 9.97 Å². The number of hydrogen-bond donors (Lipinski definition) is 1. The third-order valence-corrected chi connectivity index (χ3v) is 7.04. The number of likely N-dealkylation sites (tertiary alicyclic amines) is 1. The van der Waals surface area contributed by atoms with Crippen molar-refractivity contribution < 1.29 is 13.6 Å². The van der Waals surface area contributed by atoms with Crippen molar-refractivity contribution in [3.05, 3.63) is 42.5 Å². The van der Waals surface area contributed by atoms with E-state index in [0.29, 0.717) is 34.7 Å². The normalized spacial score (nSPS) is 19.1. The number of aromatic nitrogens is 4. The summed E-state index contributed by atoms with van der Waals surface area (Å²) in [5.74, 6) is -2.75. The van der Waals surface area contributed by atoms with Gasteiger partial charge in [0, 0.05) is 67.6 Å². The van der Waals surface area contributed by atoms with E-state index in [9.17, 15) is 13.6 Å². The fourth-order valence-corrected chi connectivity index (χ4v) is 4.84. The Balaban J connectivity index is 1.28. The first kappa shape index (κ1) is 23.7. The lowest BCUT2D eigenvalue weighted by molar-refractivity contribution is -0.147. The number of nitrogens with zero attached hydrogens (tertiary/aromatic N) is 5. The average molecular weight is 481 g/mol. The van der Waals surface area contributed by atoms with Gasteiger partial charge in [-0.15, -0.1) is 0 Å². The molecule has 0 radical (unpaired) electrons. The summed E-state index contributed by atoms with van der Waals surface area (Å²) < 4.78 is 26.2. The SMILES string of the molecule is CC(C)N1CCC(Nc2cncc(-c3ccc4cnc(CC(=O)C5CC(F)(F)C5)cc4n3)n2)CC1. The van der Waals surface area contributed by atoms with Crippen LogP contribution in [0.4, 0.5) is 14.6 Å². The Hall–Kier alpha value is -3.07. The number of carbonyl (C=O) groups excluding carboxylic acids is 1. The molecule has 0 spiro atoms. The van der Waals surface area contributed by atoms with Crippen LogP contribution >= 0.6 is 0 Å². The zero-order chi connectivity index (χ0) is 24.6. The Morgan fingerprint density at radius 3 is 2.60 bits per heavy atom. The van der Waals surface area contributed by atoms with Crippen LogP contribution in [0.1, 0.15) is 45.2 Å². The fraction of sp³-hybridized carbons (Fsp3) is 0.500. The molecule has 4 heterocycles. The second-order valence-electron chi connectivity index (χ2n) is 10.0. The second kappa shape index (κ2) is 9.53. The van der Waals surface area contributed by atoms with Gasteiger partial charge in [-0.2, -0.15) is 0 Å². The van der Waals surface area contributed by atoms with E-state index in [1.807, 2.05) is 12.1 Å². The number of rotatable bonds is 7. The molecule has 0 amide bonds. The van der Waals surface area contributed by atoms with Gasteiger partial charge in [-0.05, 0) is 44.9 Å². The van der Waals surface area contributed by atoms with E-state index in [1.54, 1.807) is 24.7 Å². The molecule has 7 nitrogen and oxygen atoms in total. The highest BCUT2D eigenvalue weighted by Crippen LogP contribution is 2.43. The van der Waals surface area contributed by atoms with Crippen molar-refractivity contribution in [1.82, 2.24) is 24.8 Å². The van der Waals surface area contributed by atoms with Crippen LogP contribution in [0.2, 0.25) is 0 Å². The monoisotopic (exact) mass is 480 g/mol. The molecule has 0 bridgehead atoms. The number of pyridine rings is 2. The molecule has 3 aromatic rings. The van der Waals surface area contributed by atoms with Gasteiger partial charge in [0.1, 0.15) is 17.3 Å². The Labute approximate surface area is 203 Å². The highest BCUT2D eigenvalue weighted by Gasteiger charge is 2.48. The number of piperidine rings is 1. The highest BCUT2D eigenvalue weighted by molar-refractivity contribution is 5.86. The van der Waals surface area contributed by atoms with Gasteiger partial charge in [-0.1, -0.05) is 0 Å². The maximum atomic E-state index is 13.1. The largest absolute Gasteiger partial charge is 0.366 e. The topological polar surface area (TPSA) is 83.9 Å². The zero-order valence-corrected chi connectivity index (χ0v) is 20.0. The summed E-state index contributed by atoms with van der Waals surface area (Å²) in [6.07, 6.45) is 6.52. The van der Waals surface area contributed by atoms with Gasteiger partial charge >= 0.3 is 0 Å². The van der Waals surface area contributed by atoms with Gasteiger partial charge in [0.25, 0.3) is 0 Å². The molecule has 184 valence electrons. The van der Waals surface area contributed by atoms with Crippen molar-refractivity contribution >= 4 is 22.5 Å². The number of carbonyl (C=O) groups is 1. The lowest BCUT2D eigenvalue weighted by Crippen LogP contribution is -2.42. The van der Waals surface area contributed by atoms with E-state index in [1.165, 1.54) is 0 Å². The van der Waals surface area contributed by atoms with Crippen LogP contribution in [0.3, 0.4) is 0 Å². The van der Waals surface area contributed by atoms with Crippen LogP contribution in [0.15, 0.2) is 36.8 Å². The number of alkyl halides is 2. The number of nitrogens with one attached hydrogen (secondary N) is 1. The molecule has 5 rings (SSSR count). The zero-order valence-electron chi connectivity index (χ0n) is 20.0. The molecular formula is C26H30F2N6O. The molecule has 2 aliphatic rings. The molecule has 0 atom stereocenters. The smallest absolute Gasteiger partial charge is 0.249 e. The molecule has 1 aliphatic heterocycles. The molecule has 1 N–H and O–H groups in total. The summed E-state index contributed by atoms with van der Waals surface area (Å²) in [7, 11) is 0. The third-order valence-electron chi connectivity index (χ3n) is 7.04. The Kier molecular flexibility index (Phi) is 6.44. The van der Waals surface area contributed by atoms with Crippen molar-refractivity contribution in [2.75, 3.05) is 18.4 Å². The Morgan fingerprint density at radius 1 is 1.11 bits per heavy atom. The Morgan fingerprint density at radius 2 is 1.89 bits per heavy atom. The van der Waals surface area contributed by atoms with Crippen molar-refractivity contribution in [2.45, 2.75) is 64.0 Å². The second-order valence-corrected chi connectivity index (χ2v) is 10.0. The number of hydrogen-bond acceptors (Lipinski definition) is 7. The summed E-state index contributed by atoms with van der Waals surface area (Å²) in [5, 5.41) is 4.35. The summed E-state index contributed by atoms with van der Waals surface area (Å²) in [6.45, 7) is 6.59. The van der Waals surface area contributed by atoms with Gasteiger partial charge in [-0.3, -0.25) is 14.8 Å². The Bertz CT molecular complexity index is 1220. The lowest BCUT2D eigenvalue weighted by atomic mass is 9.77. The molecule has 2 fully saturated rings. The molecule has 0 unspecified atom stereocenters. The minimum atomic E-state index is -2.70. The summed E-state index contributed by atoms with van der Waals surface area (Å²) in [5.41, 5.74) is 2.55. The van der Waals surface area contributed by atoms with E-state index in [0.717, 1.165) is 37.1 Å². The van der Waals surface area contributed by atoms with E-state index >= 15 is 0 Å². The maximum Gasteiger partial charge on any atom is 0.249 e. The minimum absolute atomic E-state index is 0.0391. The first-order valence-electron chi connectivity index (χ1n) is 12.2. The van der Waals surface area contributed by atoms with E-state index < -0.39 is 11.8 Å². The predicted molar refractivity (Wildman–Crippen MR) is 130 cm³/mol. The van der Waals surface area contributed by atoms with Gasteiger partial charge < -0.3 is 10.2 Å². The van der Waals surface area contributed by atoms with E-state index in [-0.39, 0.29) is 25.0 Å². The first-order valence-corrected chi connectivity index (χ1v) is 12.2. The van der Waals surface area contributed by atoms with Crippen LogP contribution in [0.5, 0.6) is 0 Å². The third kappa shape index (κ3) is 5.45. The van der Waals surface area contributed by atoms with Crippen LogP contribution in [-0.2, 0) is 11.2 Å². The minimum Gasteiger partial charge on any atom is -0.366 e. The molecule has 1 saturated carbocycles. The molecule has 1 aliphatic carbocycles. The standard InChI is InChI=1S/C26H30F2N6O/c1-16(2)34-7-5-19(6-8-34)31-25-15-29-14-23(33-25)21-4-3-17-13-30-20(9-22(17)32-21)10-24(35)18-11-26(27,28)12-18/h3-4,9,13-16,18-19H,5-8,10-12H2,1-2H3,(H,31,33). The average Bonchev–Trinajstić information content (AvgIpc) is 2.82. The van der Waals surface area contributed by atoms with Gasteiger partial charge in [-0.25, -0.2) is 18.7 Å². The molecule has 1 saturated heterocycles. The van der Waals surface area contributed by atoms with Crippen LogP contribution in [0, 0.1) is 5.92 Å².